The van der Waals surface area contributed by atoms with Crippen molar-refractivity contribution in [3.05, 3.63) is 61.3 Å². The van der Waals surface area contributed by atoms with Gasteiger partial charge in [0.2, 0.25) is 11.8 Å². The Bertz CT molecular complexity index is 2190. The number of anilines is 1. The summed E-state index contributed by atoms with van der Waals surface area (Å²) in [6.07, 6.45) is 16.9. The second-order valence-electron chi connectivity index (χ2n) is 15.5. The van der Waals surface area contributed by atoms with Crippen molar-refractivity contribution in [1.82, 2.24) is 30.2 Å². The molecule has 0 aliphatic carbocycles. The van der Waals surface area contributed by atoms with Crippen molar-refractivity contribution in [2.24, 2.45) is 5.41 Å². The van der Waals surface area contributed by atoms with E-state index in [-0.39, 0.29) is 41.6 Å². The molecule has 2 amide bonds. The van der Waals surface area contributed by atoms with Crippen LogP contribution >= 0.6 is 35.2 Å². The molecule has 1 saturated heterocycles. The fourth-order valence-electron chi connectivity index (χ4n) is 6.00. The first-order valence-electron chi connectivity index (χ1n) is 21.2. The highest BCUT2D eigenvalue weighted by Crippen LogP contribution is 2.61. The van der Waals surface area contributed by atoms with Crippen LogP contribution in [0.5, 0.6) is 0 Å². The summed E-state index contributed by atoms with van der Waals surface area (Å²) in [5.74, 6) is -1.08. The summed E-state index contributed by atoms with van der Waals surface area (Å²) >= 11 is 1.12. The highest BCUT2D eigenvalue weighted by molar-refractivity contribution is 8.13. The fourth-order valence-corrected chi connectivity index (χ4v) is 9.55. The zero-order valence-corrected chi connectivity index (χ0v) is 40.8. The van der Waals surface area contributed by atoms with Crippen LogP contribution in [0, 0.1) is 5.41 Å². The van der Waals surface area contributed by atoms with E-state index in [1.165, 1.54) is 13.8 Å². The quantitative estimate of drug-likeness (QED) is 0.0292. The molecule has 1 fully saturated rings. The van der Waals surface area contributed by atoms with Gasteiger partial charge in [0.15, 0.2) is 22.8 Å². The number of rotatable bonds is 31. The summed E-state index contributed by atoms with van der Waals surface area (Å²) in [6, 6.07) is 0. The number of nitrogens with one attached hydrogen (secondary N) is 2. The minimum absolute atomic E-state index is 0.0244. The van der Waals surface area contributed by atoms with Crippen LogP contribution in [-0.2, 0) is 50.7 Å². The molecule has 1 aliphatic heterocycles. The van der Waals surface area contributed by atoms with E-state index in [1.54, 1.807) is 0 Å². The minimum atomic E-state index is -5.58. The van der Waals surface area contributed by atoms with Gasteiger partial charge in [-0.15, -0.1) is 0 Å². The van der Waals surface area contributed by atoms with Gasteiger partial charge in [0.05, 0.1) is 19.5 Å². The maximum absolute atomic E-state index is 12.7. The molecular weight excluding hydrogens is 963 g/mol. The molecule has 24 nitrogen and oxygen atoms in total. The molecule has 0 saturated carbocycles. The number of nitrogens with zero attached hydrogens (tertiary/aromatic N) is 4. The number of phosphoric acid groups is 3. The number of phosphoric ester groups is 3. The van der Waals surface area contributed by atoms with Crippen LogP contribution in [0.25, 0.3) is 11.2 Å². The molecule has 3 unspecified atom stereocenters. The molecule has 28 heteroatoms. The van der Waals surface area contributed by atoms with Gasteiger partial charge in [-0.2, -0.15) is 4.31 Å². The van der Waals surface area contributed by atoms with Crippen LogP contribution in [-0.4, -0.2) is 123 Å². The van der Waals surface area contributed by atoms with Crippen molar-refractivity contribution >= 4 is 69.1 Å². The lowest BCUT2D eigenvalue weighted by Crippen LogP contribution is -2.46. The molecule has 1 aliphatic rings. The van der Waals surface area contributed by atoms with E-state index >= 15 is 0 Å². The van der Waals surface area contributed by atoms with Gasteiger partial charge in [-0.05, 0) is 44.9 Å². The largest absolute Gasteiger partial charge is 0.481 e. The Morgan fingerprint density at radius 2 is 1.55 bits per heavy atom. The van der Waals surface area contributed by atoms with Crippen molar-refractivity contribution in [1.29, 1.82) is 0 Å². The zero-order valence-electron chi connectivity index (χ0n) is 37.3. The molecule has 2 aromatic heterocycles. The molecule has 67 heavy (non-hydrogen) atoms. The number of amides is 2. The van der Waals surface area contributed by atoms with Gasteiger partial charge in [-0.3, -0.25) is 32.5 Å². The van der Waals surface area contributed by atoms with Crippen LogP contribution in [0.3, 0.4) is 0 Å². The predicted octanol–water partition coefficient (Wildman–Crippen LogP) is 4.03. The van der Waals surface area contributed by atoms with Crippen molar-refractivity contribution in [2.45, 2.75) is 109 Å². The molecule has 2 aromatic rings. The first-order valence-corrected chi connectivity index (χ1v) is 26.7. The van der Waals surface area contributed by atoms with Crippen LogP contribution in [0.1, 0.15) is 84.8 Å². The van der Waals surface area contributed by atoms with E-state index in [2.05, 4.69) is 90.0 Å². The number of ether oxygens (including phenoxy) is 1. The average molecular weight is 1030 g/mol. The van der Waals surface area contributed by atoms with Gasteiger partial charge < -0.3 is 50.9 Å². The third-order valence-corrected chi connectivity index (χ3v) is 13.5. The summed E-state index contributed by atoms with van der Waals surface area (Å²) in [5, 5.41) is 26.6. The number of hydrogen-bond donors (Lipinski definition) is 9. The number of nitrogen functional groups attached to an aromatic ring is 1. The average Bonchev–Trinajstić information content (AvgIpc) is 3.81. The predicted molar refractivity (Wildman–Crippen MR) is 246 cm³/mol. The highest BCUT2D eigenvalue weighted by atomic mass is 32.2. The standard InChI is InChI=1S/C39H62N7O17P3S/c1-4-5-6-7-8-9-10-11-12-13-14-15-16-17-18-19-30(48)67-23-22-41-29(47)20-21-42-37(51)34(50)39(2,3)25-60-66(57,58)63-65(55,56)59-24-28-33(62-64(52,53)54)32(49)38(61-28)46-27-45-31-35(40)43-26-44-36(31)46/h5-6,8-9,11-12,14-15,26-28,32-34,38,49-50H,4,7,10,13,16-25H2,1-3H3,(H,41,47)(H,42,51)(H,55,56)(H,57,58)(H2,40,43,44)(H2,52,53,54)/b6-5-,9-8-,12-11-,15-14-/t28-,32-,33-,34?,38-/m1/s1. The zero-order chi connectivity index (χ0) is 49.7. The number of nitrogens with two attached hydrogens (primary N) is 1. The fraction of sp³-hybridized carbons (Fsp3) is 0.590. The van der Waals surface area contributed by atoms with Gasteiger partial charge in [-0.1, -0.05) is 81.1 Å². The smallest absolute Gasteiger partial charge is 0.386 e. The Morgan fingerprint density at radius 1 is 0.910 bits per heavy atom. The number of carbonyl (C=O) groups excluding carboxylic acids is 3. The number of imidazole rings is 1. The number of aliphatic hydroxyl groups is 2. The molecule has 0 spiro atoms. The number of thioether (sulfide) groups is 1. The summed E-state index contributed by atoms with van der Waals surface area (Å²) in [6.45, 7) is 2.63. The monoisotopic (exact) mass is 1030 g/mol. The van der Waals surface area contributed by atoms with E-state index in [1.807, 2.05) is 0 Å². The Hall–Kier alpha value is -3.48. The minimum Gasteiger partial charge on any atom is -0.386 e. The second-order valence-corrected chi connectivity index (χ2v) is 20.9. The molecule has 3 heterocycles. The van der Waals surface area contributed by atoms with Crippen LogP contribution in [0.15, 0.2) is 61.3 Å². The number of unbranched alkanes of at least 4 members (excludes halogenated alkanes) is 2. The lowest BCUT2D eigenvalue weighted by Gasteiger charge is -2.30. The molecule has 376 valence electrons. The van der Waals surface area contributed by atoms with Gasteiger partial charge in [0.25, 0.3) is 0 Å². The molecule has 3 rings (SSSR count). The Morgan fingerprint density at radius 3 is 2.21 bits per heavy atom. The lowest BCUT2D eigenvalue weighted by molar-refractivity contribution is -0.137. The summed E-state index contributed by atoms with van der Waals surface area (Å²) in [4.78, 5) is 88.3. The summed E-state index contributed by atoms with van der Waals surface area (Å²) in [5.41, 5.74) is 4.27. The van der Waals surface area contributed by atoms with Crippen LogP contribution in [0.2, 0.25) is 0 Å². The topological polar surface area (TPSA) is 364 Å². The Balaban J connectivity index is 1.32. The van der Waals surface area contributed by atoms with Crippen molar-refractivity contribution in [2.75, 3.05) is 37.8 Å². The maximum atomic E-state index is 12.7. The lowest BCUT2D eigenvalue weighted by atomic mass is 9.87. The van der Waals surface area contributed by atoms with Gasteiger partial charge in [-0.25, -0.2) is 28.6 Å². The van der Waals surface area contributed by atoms with Crippen LogP contribution in [0.4, 0.5) is 5.82 Å². The molecule has 7 atom stereocenters. The van der Waals surface area contributed by atoms with Crippen molar-refractivity contribution in [3.63, 3.8) is 0 Å². The number of carbonyl (C=O) groups is 3. The third kappa shape index (κ3) is 21.4. The van der Waals surface area contributed by atoms with Gasteiger partial charge in [0, 0.05) is 37.1 Å². The van der Waals surface area contributed by atoms with Crippen molar-refractivity contribution < 1.29 is 80.5 Å². The first kappa shape index (κ1) is 57.8. The Labute approximate surface area is 392 Å². The van der Waals surface area contributed by atoms with E-state index < -0.39 is 84.6 Å². The van der Waals surface area contributed by atoms with Crippen LogP contribution < -0.4 is 16.4 Å². The summed E-state index contributed by atoms with van der Waals surface area (Å²) in [7, 11) is -16.4. The number of aliphatic hydroxyl groups excluding tert-OH is 2. The molecule has 0 aromatic carbocycles. The molecule has 0 radical (unpaired) electrons. The number of aromatic nitrogens is 4. The van der Waals surface area contributed by atoms with E-state index in [0.717, 1.165) is 73.9 Å². The number of fused-ring (bicyclic) bond motifs is 1. The van der Waals surface area contributed by atoms with E-state index in [9.17, 15) is 57.9 Å². The molecule has 10 N–H and O–H groups in total. The van der Waals surface area contributed by atoms with Crippen molar-refractivity contribution in [3.8, 4) is 0 Å². The van der Waals surface area contributed by atoms with Gasteiger partial charge in [0.1, 0.15) is 36.3 Å². The maximum Gasteiger partial charge on any atom is 0.481 e. The van der Waals surface area contributed by atoms with Gasteiger partial charge >= 0.3 is 23.5 Å². The third-order valence-electron chi connectivity index (χ3n) is 9.49. The second kappa shape index (κ2) is 28.3. The highest BCUT2D eigenvalue weighted by Gasteiger charge is 2.50. The first-order chi connectivity index (χ1) is 31.6. The number of allylic oxidation sites excluding steroid dienone is 8. The Kier molecular flexibility index (Phi) is 24.4. The SMILES string of the molecule is CC/C=C\C/C=C\C/C=C\C/C=C\CCCCC(=O)SCCNC(=O)CCNC(=O)C(O)C(C)(C)COP(=O)(O)OP(=O)(O)OC[C@H]1O[C@@H](n2cnc3c(N)ncnc32)[C@H](O)[C@@H]1OP(=O)(O)O. The summed E-state index contributed by atoms with van der Waals surface area (Å²) < 4.78 is 62.4. The molecule has 0 bridgehead atoms. The normalized spacial score (nSPS) is 20.6. The number of hydrogen-bond acceptors (Lipinski definition) is 18. The molecular formula is C39H62N7O17P3S. The van der Waals surface area contributed by atoms with E-state index in [4.69, 9.17) is 19.5 Å². The van der Waals surface area contributed by atoms with E-state index in [0.29, 0.717) is 12.2 Å².